The predicted octanol–water partition coefficient (Wildman–Crippen LogP) is 2.33. The molecule has 10 heavy (non-hydrogen) atoms. The Morgan fingerprint density at radius 1 is 1.40 bits per heavy atom. The number of hydrogen-bond acceptors (Lipinski definition) is 1. The first-order chi connectivity index (χ1) is 4.52. The smallest absolute Gasteiger partial charge is 0.00397 e. The Morgan fingerprint density at radius 3 is 2.00 bits per heavy atom. The normalized spacial score (nSPS) is 13.9. The lowest BCUT2D eigenvalue weighted by Crippen LogP contribution is -2.13. The van der Waals surface area contributed by atoms with Crippen LogP contribution >= 0.6 is 0 Å². The summed E-state index contributed by atoms with van der Waals surface area (Å²) >= 11 is 0. The van der Waals surface area contributed by atoms with Crippen molar-refractivity contribution in [2.24, 2.45) is 11.1 Å². The van der Waals surface area contributed by atoms with Crippen molar-refractivity contribution in [2.45, 2.75) is 34.1 Å². The molecule has 0 amide bonds. The van der Waals surface area contributed by atoms with E-state index in [1.54, 1.807) is 0 Å². The van der Waals surface area contributed by atoms with Gasteiger partial charge in [-0.25, -0.2) is 0 Å². The molecule has 0 heterocycles. The SMILES string of the molecule is C/C=C(/CCN)C(C)(C)C. The maximum atomic E-state index is 5.46. The molecule has 2 N–H and O–H groups in total. The summed E-state index contributed by atoms with van der Waals surface area (Å²) < 4.78 is 0. The molecule has 0 fully saturated rings. The molecular formula is C9H19N. The van der Waals surface area contributed by atoms with E-state index < -0.39 is 0 Å². The molecule has 60 valence electrons. The number of allylic oxidation sites excluding steroid dienone is 1. The number of nitrogens with two attached hydrogens (primary N) is 1. The van der Waals surface area contributed by atoms with Gasteiger partial charge in [-0.3, -0.25) is 0 Å². The van der Waals surface area contributed by atoms with Gasteiger partial charge in [-0.15, -0.1) is 0 Å². The molecule has 0 aromatic carbocycles. The highest BCUT2D eigenvalue weighted by Gasteiger charge is 2.14. The van der Waals surface area contributed by atoms with Gasteiger partial charge in [-0.2, -0.15) is 0 Å². The largest absolute Gasteiger partial charge is 0.330 e. The van der Waals surface area contributed by atoms with Crippen molar-refractivity contribution in [1.82, 2.24) is 0 Å². The highest BCUT2D eigenvalue weighted by atomic mass is 14.5. The van der Waals surface area contributed by atoms with E-state index in [1.807, 2.05) is 0 Å². The summed E-state index contributed by atoms with van der Waals surface area (Å²) in [6, 6.07) is 0. The van der Waals surface area contributed by atoms with Crippen molar-refractivity contribution in [1.29, 1.82) is 0 Å². The summed E-state index contributed by atoms with van der Waals surface area (Å²) in [5.41, 5.74) is 7.21. The van der Waals surface area contributed by atoms with Crippen molar-refractivity contribution >= 4 is 0 Å². The molecule has 0 saturated carbocycles. The minimum Gasteiger partial charge on any atom is -0.330 e. The van der Waals surface area contributed by atoms with E-state index in [2.05, 4.69) is 33.8 Å². The Balaban J connectivity index is 4.10. The molecule has 0 spiro atoms. The van der Waals surface area contributed by atoms with Gasteiger partial charge in [-0.05, 0) is 25.3 Å². The second kappa shape index (κ2) is 3.77. The van der Waals surface area contributed by atoms with E-state index in [9.17, 15) is 0 Å². The average molecular weight is 141 g/mol. The monoisotopic (exact) mass is 141 g/mol. The summed E-state index contributed by atoms with van der Waals surface area (Å²) in [5, 5.41) is 0. The maximum Gasteiger partial charge on any atom is -0.00397 e. The highest BCUT2D eigenvalue weighted by Crippen LogP contribution is 2.26. The summed E-state index contributed by atoms with van der Waals surface area (Å²) in [6.07, 6.45) is 3.20. The number of hydrogen-bond donors (Lipinski definition) is 1. The first-order valence-electron chi connectivity index (χ1n) is 3.88. The molecule has 0 radical (unpaired) electrons. The van der Waals surface area contributed by atoms with Crippen LogP contribution in [0.2, 0.25) is 0 Å². The molecule has 1 nitrogen and oxygen atoms in total. The van der Waals surface area contributed by atoms with Gasteiger partial charge in [0.2, 0.25) is 0 Å². The third-order valence-corrected chi connectivity index (χ3v) is 1.73. The van der Waals surface area contributed by atoms with Crippen LogP contribution in [0.15, 0.2) is 11.6 Å². The van der Waals surface area contributed by atoms with Crippen molar-refractivity contribution in [3.8, 4) is 0 Å². The fraction of sp³-hybridized carbons (Fsp3) is 0.778. The first-order valence-corrected chi connectivity index (χ1v) is 3.88. The van der Waals surface area contributed by atoms with E-state index in [4.69, 9.17) is 5.73 Å². The van der Waals surface area contributed by atoms with Crippen LogP contribution in [0.5, 0.6) is 0 Å². The van der Waals surface area contributed by atoms with Crippen LogP contribution in [-0.4, -0.2) is 6.54 Å². The zero-order chi connectivity index (χ0) is 8.20. The van der Waals surface area contributed by atoms with Crippen LogP contribution in [0.4, 0.5) is 0 Å². The minimum atomic E-state index is 0.300. The molecule has 0 aromatic rings. The molecule has 0 aliphatic carbocycles. The molecular weight excluding hydrogens is 122 g/mol. The number of rotatable bonds is 2. The maximum absolute atomic E-state index is 5.46. The van der Waals surface area contributed by atoms with E-state index >= 15 is 0 Å². The molecule has 0 atom stereocenters. The van der Waals surface area contributed by atoms with Crippen molar-refractivity contribution in [3.63, 3.8) is 0 Å². The van der Waals surface area contributed by atoms with Crippen LogP contribution in [0.3, 0.4) is 0 Å². The lowest BCUT2D eigenvalue weighted by molar-refractivity contribution is 0.483. The summed E-state index contributed by atoms with van der Waals surface area (Å²) in [7, 11) is 0. The van der Waals surface area contributed by atoms with Crippen molar-refractivity contribution in [3.05, 3.63) is 11.6 Å². The van der Waals surface area contributed by atoms with Gasteiger partial charge in [-0.1, -0.05) is 32.4 Å². The molecule has 0 rings (SSSR count). The van der Waals surface area contributed by atoms with Gasteiger partial charge < -0.3 is 5.73 Å². The molecule has 0 bridgehead atoms. The van der Waals surface area contributed by atoms with Crippen LogP contribution in [0.25, 0.3) is 0 Å². The van der Waals surface area contributed by atoms with E-state index in [0.29, 0.717) is 5.41 Å². The van der Waals surface area contributed by atoms with Gasteiger partial charge in [0.25, 0.3) is 0 Å². The van der Waals surface area contributed by atoms with Crippen LogP contribution in [0, 0.1) is 5.41 Å². The van der Waals surface area contributed by atoms with Crippen LogP contribution in [-0.2, 0) is 0 Å². The zero-order valence-electron chi connectivity index (χ0n) is 7.57. The van der Waals surface area contributed by atoms with Gasteiger partial charge in [0.1, 0.15) is 0 Å². The van der Waals surface area contributed by atoms with Crippen LogP contribution in [0.1, 0.15) is 34.1 Å². The van der Waals surface area contributed by atoms with E-state index in [-0.39, 0.29) is 0 Å². The second-order valence-corrected chi connectivity index (χ2v) is 3.60. The quantitative estimate of drug-likeness (QED) is 0.587. The van der Waals surface area contributed by atoms with Crippen molar-refractivity contribution < 1.29 is 0 Å². The fourth-order valence-electron chi connectivity index (χ4n) is 1.11. The van der Waals surface area contributed by atoms with Gasteiger partial charge >= 0.3 is 0 Å². The lowest BCUT2D eigenvalue weighted by atomic mass is 9.84. The standard InChI is InChI=1S/C9H19N/c1-5-8(6-7-10)9(2,3)4/h5H,6-7,10H2,1-4H3/b8-5-. The Bertz CT molecular complexity index is 117. The Kier molecular flexibility index (Phi) is 3.66. The molecule has 0 aromatic heterocycles. The minimum absolute atomic E-state index is 0.300. The Labute approximate surface area is 64.3 Å². The first kappa shape index (κ1) is 9.70. The molecule has 0 aliphatic heterocycles. The predicted molar refractivity (Wildman–Crippen MR) is 46.9 cm³/mol. The second-order valence-electron chi connectivity index (χ2n) is 3.60. The Morgan fingerprint density at radius 2 is 1.90 bits per heavy atom. The highest BCUT2D eigenvalue weighted by molar-refractivity contribution is 5.09. The topological polar surface area (TPSA) is 26.0 Å². The third kappa shape index (κ3) is 3.02. The lowest BCUT2D eigenvalue weighted by Gasteiger charge is -2.22. The van der Waals surface area contributed by atoms with Gasteiger partial charge in [0.15, 0.2) is 0 Å². The van der Waals surface area contributed by atoms with Gasteiger partial charge in [0.05, 0.1) is 0 Å². The molecule has 0 unspecified atom stereocenters. The zero-order valence-corrected chi connectivity index (χ0v) is 7.57. The summed E-state index contributed by atoms with van der Waals surface area (Å²) in [6.45, 7) is 9.50. The molecule has 0 aliphatic rings. The molecule has 0 saturated heterocycles. The third-order valence-electron chi connectivity index (χ3n) is 1.73. The summed E-state index contributed by atoms with van der Waals surface area (Å²) in [5.74, 6) is 0. The van der Waals surface area contributed by atoms with E-state index in [1.165, 1.54) is 5.57 Å². The van der Waals surface area contributed by atoms with E-state index in [0.717, 1.165) is 13.0 Å². The fourth-order valence-corrected chi connectivity index (χ4v) is 1.11. The van der Waals surface area contributed by atoms with Crippen molar-refractivity contribution in [2.75, 3.05) is 6.54 Å². The average Bonchev–Trinajstić information content (AvgIpc) is 1.80. The summed E-state index contributed by atoms with van der Waals surface area (Å²) in [4.78, 5) is 0. The molecule has 1 heteroatoms. The van der Waals surface area contributed by atoms with Crippen LogP contribution < -0.4 is 5.73 Å². The van der Waals surface area contributed by atoms with Gasteiger partial charge in [0, 0.05) is 0 Å². The Hall–Kier alpha value is -0.300.